The summed E-state index contributed by atoms with van der Waals surface area (Å²) in [7, 11) is 2.05. The molecule has 0 aromatic carbocycles. The van der Waals surface area contributed by atoms with Gasteiger partial charge in [0.05, 0.1) is 22.4 Å². The molecule has 1 aliphatic carbocycles. The Morgan fingerprint density at radius 3 is 2.81 bits per heavy atom. The third kappa shape index (κ3) is 2.05. The van der Waals surface area contributed by atoms with Crippen LogP contribution in [0, 0.1) is 5.41 Å². The first kappa shape index (κ1) is 12.1. The minimum atomic E-state index is 0.413. The summed E-state index contributed by atoms with van der Waals surface area (Å²) >= 11 is 3.63. The van der Waals surface area contributed by atoms with Crippen LogP contribution in [0.5, 0.6) is 0 Å². The number of hydrogen-bond acceptors (Lipinski definition) is 2. The monoisotopic (exact) mass is 285 g/mol. The third-order valence-corrected chi connectivity index (χ3v) is 4.18. The maximum Gasteiger partial charge on any atom is 0.0701 e. The van der Waals surface area contributed by atoms with Gasteiger partial charge in [0, 0.05) is 6.54 Å². The molecule has 0 aliphatic heterocycles. The predicted octanol–water partition coefficient (Wildman–Crippen LogP) is 3.12. The molecule has 1 aliphatic rings. The smallest absolute Gasteiger partial charge is 0.0701 e. The highest BCUT2D eigenvalue weighted by Gasteiger charge is 2.46. The van der Waals surface area contributed by atoms with Gasteiger partial charge in [0.15, 0.2) is 0 Å². The van der Waals surface area contributed by atoms with E-state index in [9.17, 15) is 0 Å². The summed E-state index contributed by atoms with van der Waals surface area (Å²) in [4.78, 5) is 0. The summed E-state index contributed by atoms with van der Waals surface area (Å²) in [6, 6.07) is 0.413. The summed E-state index contributed by atoms with van der Waals surface area (Å²) in [5.41, 5.74) is 1.73. The Labute approximate surface area is 106 Å². The van der Waals surface area contributed by atoms with Crippen molar-refractivity contribution in [3.05, 3.63) is 16.4 Å². The second kappa shape index (κ2) is 4.49. The van der Waals surface area contributed by atoms with Gasteiger partial charge in [-0.05, 0) is 47.7 Å². The third-order valence-electron chi connectivity index (χ3n) is 3.57. The number of nitrogens with one attached hydrogen (secondary N) is 1. The first-order valence-electron chi connectivity index (χ1n) is 6.01. The van der Waals surface area contributed by atoms with Crippen LogP contribution in [-0.2, 0) is 6.54 Å². The number of hydrogen-bond donors (Lipinski definition) is 1. The van der Waals surface area contributed by atoms with Gasteiger partial charge in [-0.3, -0.25) is 4.68 Å². The molecule has 0 saturated heterocycles. The first-order valence-corrected chi connectivity index (χ1v) is 6.80. The molecule has 16 heavy (non-hydrogen) atoms. The van der Waals surface area contributed by atoms with Crippen molar-refractivity contribution >= 4 is 15.9 Å². The van der Waals surface area contributed by atoms with Gasteiger partial charge in [0.2, 0.25) is 0 Å². The molecule has 1 aromatic rings. The Hall–Kier alpha value is -0.350. The summed E-state index contributed by atoms with van der Waals surface area (Å²) in [6.07, 6.45) is 5.65. The van der Waals surface area contributed by atoms with Gasteiger partial charge in [0.25, 0.3) is 0 Å². The van der Waals surface area contributed by atoms with Crippen molar-refractivity contribution in [1.82, 2.24) is 15.1 Å². The number of rotatable bonds is 5. The molecule has 1 unspecified atom stereocenters. The van der Waals surface area contributed by atoms with Crippen LogP contribution < -0.4 is 5.32 Å². The molecule has 1 aromatic heterocycles. The average Bonchev–Trinajstić information content (AvgIpc) is 2.90. The SMILES string of the molecule is CCCn1ncc(Br)c1C(NC)C1(C)CC1. The van der Waals surface area contributed by atoms with Crippen molar-refractivity contribution < 1.29 is 0 Å². The lowest BCUT2D eigenvalue weighted by atomic mass is 9.96. The van der Waals surface area contributed by atoms with E-state index in [0.29, 0.717) is 11.5 Å². The van der Waals surface area contributed by atoms with Gasteiger partial charge in [-0.2, -0.15) is 5.10 Å². The normalized spacial score (nSPS) is 19.8. The Balaban J connectivity index is 2.32. The van der Waals surface area contributed by atoms with Gasteiger partial charge in [-0.25, -0.2) is 0 Å². The zero-order chi connectivity index (χ0) is 11.8. The lowest BCUT2D eigenvalue weighted by Gasteiger charge is -2.24. The van der Waals surface area contributed by atoms with Crippen molar-refractivity contribution in [2.24, 2.45) is 5.41 Å². The van der Waals surface area contributed by atoms with Gasteiger partial charge < -0.3 is 5.32 Å². The van der Waals surface area contributed by atoms with E-state index in [1.165, 1.54) is 18.5 Å². The van der Waals surface area contributed by atoms with Crippen LogP contribution in [-0.4, -0.2) is 16.8 Å². The Morgan fingerprint density at radius 1 is 1.62 bits per heavy atom. The predicted molar refractivity (Wildman–Crippen MR) is 69.4 cm³/mol. The van der Waals surface area contributed by atoms with Crippen LogP contribution >= 0.6 is 15.9 Å². The highest BCUT2D eigenvalue weighted by Crippen LogP contribution is 2.55. The zero-order valence-electron chi connectivity index (χ0n) is 10.3. The summed E-state index contributed by atoms with van der Waals surface area (Å²) < 4.78 is 3.27. The second-order valence-corrected chi connectivity index (χ2v) is 5.83. The minimum Gasteiger partial charge on any atom is -0.311 e. The standard InChI is InChI=1S/C12H20BrN3/c1-4-7-16-10(9(13)8-15-16)11(14-3)12(2)5-6-12/h8,11,14H,4-7H2,1-3H3. The second-order valence-electron chi connectivity index (χ2n) is 4.98. The van der Waals surface area contributed by atoms with Crippen molar-refractivity contribution in [1.29, 1.82) is 0 Å². The van der Waals surface area contributed by atoms with Gasteiger partial charge in [-0.15, -0.1) is 0 Å². The van der Waals surface area contributed by atoms with Gasteiger partial charge in [0.1, 0.15) is 0 Å². The Kier molecular flexibility index (Phi) is 3.40. The molecule has 1 N–H and O–H groups in total. The molecule has 1 atom stereocenters. The molecule has 0 bridgehead atoms. The van der Waals surface area contributed by atoms with E-state index in [-0.39, 0.29) is 0 Å². The van der Waals surface area contributed by atoms with E-state index in [1.807, 2.05) is 13.2 Å². The molecule has 2 rings (SSSR count). The number of aromatic nitrogens is 2. The molecule has 1 heterocycles. The van der Waals surface area contributed by atoms with E-state index in [1.54, 1.807) is 0 Å². The summed E-state index contributed by atoms with van der Waals surface area (Å²) in [5, 5.41) is 7.90. The quantitative estimate of drug-likeness (QED) is 0.901. The van der Waals surface area contributed by atoms with Crippen LogP contribution in [0.15, 0.2) is 10.7 Å². The topological polar surface area (TPSA) is 29.9 Å². The summed E-state index contributed by atoms with van der Waals surface area (Å²) in [5.74, 6) is 0. The lowest BCUT2D eigenvalue weighted by Crippen LogP contribution is -2.27. The van der Waals surface area contributed by atoms with Crippen LogP contribution in [0.2, 0.25) is 0 Å². The molecule has 1 saturated carbocycles. The van der Waals surface area contributed by atoms with Gasteiger partial charge >= 0.3 is 0 Å². The van der Waals surface area contributed by atoms with E-state index < -0.39 is 0 Å². The molecule has 90 valence electrons. The summed E-state index contributed by atoms with van der Waals surface area (Å²) in [6.45, 7) is 5.53. The van der Waals surface area contributed by atoms with Crippen LogP contribution in [0.25, 0.3) is 0 Å². The van der Waals surface area contributed by atoms with Crippen molar-refractivity contribution in [3.8, 4) is 0 Å². The fourth-order valence-corrected chi connectivity index (χ4v) is 2.88. The van der Waals surface area contributed by atoms with E-state index in [0.717, 1.165) is 17.4 Å². The number of nitrogens with zero attached hydrogens (tertiary/aromatic N) is 2. The number of halogens is 1. The van der Waals surface area contributed by atoms with Crippen molar-refractivity contribution in [3.63, 3.8) is 0 Å². The lowest BCUT2D eigenvalue weighted by molar-refractivity contribution is 0.360. The largest absolute Gasteiger partial charge is 0.311 e. The molecule has 0 amide bonds. The molecule has 0 spiro atoms. The van der Waals surface area contributed by atoms with Crippen molar-refractivity contribution in [2.45, 2.75) is 45.7 Å². The fraction of sp³-hybridized carbons (Fsp3) is 0.750. The van der Waals surface area contributed by atoms with Crippen molar-refractivity contribution in [2.75, 3.05) is 7.05 Å². The molecule has 4 heteroatoms. The van der Waals surface area contributed by atoms with E-state index in [2.05, 4.69) is 44.9 Å². The Morgan fingerprint density at radius 2 is 2.31 bits per heavy atom. The van der Waals surface area contributed by atoms with E-state index >= 15 is 0 Å². The highest BCUT2D eigenvalue weighted by atomic mass is 79.9. The zero-order valence-corrected chi connectivity index (χ0v) is 11.8. The maximum absolute atomic E-state index is 4.45. The molecular formula is C12H20BrN3. The molecule has 0 radical (unpaired) electrons. The Bertz CT molecular complexity index is 368. The fourth-order valence-electron chi connectivity index (χ4n) is 2.35. The van der Waals surface area contributed by atoms with Crippen LogP contribution in [0.4, 0.5) is 0 Å². The number of aryl methyl sites for hydroxylation is 1. The first-order chi connectivity index (χ1) is 7.62. The van der Waals surface area contributed by atoms with Crippen LogP contribution in [0.1, 0.15) is 44.8 Å². The molecule has 3 nitrogen and oxygen atoms in total. The maximum atomic E-state index is 4.45. The highest BCUT2D eigenvalue weighted by molar-refractivity contribution is 9.10. The van der Waals surface area contributed by atoms with Crippen LogP contribution in [0.3, 0.4) is 0 Å². The average molecular weight is 286 g/mol. The molecular weight excluding hydrogens is 266 g/mol. The van der Waals surface area contributed by atoms with Gasteiger partial charge in [-0.1, -0.05) is 13.8 Å². The minimum absolute atomic E-state index is 0.413. The van der Waals surface area contributed by atoms with E-state index in [4.69, 9.17) is 0 Å². The molecule has 1 fully saturated rings.